The van der Waals surface area contributed by atoms with Crippen LogP contribution in [-0.2, 0) is 12.6 Å². The highest BCUT2D eigenvalue weighted by Crippen LogP contribution is 2.43. The molecule has 2 aliphatic rings. The minimum atomic E-state index is -4.66. The fourth-order valence-corrected chi connectivity index (χ4v) is 5.93. The van der Waals surface area contributed by atoms with Crippen LogP contribution in [0.4, 0.5) is 22.0 Å². The Kier molecular flexibility index (Phi) is 8.81. The molecule has 5 heteroatoms. The van der Waals surface area contributed by atoms with Gasteiger partial charge in [-0.3, -0.25) is 0 Å². The summed E-state index contributed by atoms with van der Waals surface area (Å²) in [5.41, 5.74) is -1.24. The zero-order valence-electron chi connectivity index (χ0n) is 18.8. The van der Waals surface area contributed by atoms with Crippen molar-refractivity contribution in [2.75, 3.05) is 0 Å². The van der Waals surface area contributed by atoms with Crippen molar-refractivity contribution in [1.29, 1.82) is 0 Å². The molecule has 0 aliphatic heterocycles. The van der Waals surface area contributed by atoms with E-state index in [4.69, 9.17) is 0 Å². The summed E-state index contributed by atoms with van der Waals surface area (Å²) in [4.78, 5) is 0. The summed E-state index contributed by atoms with van der Waals surface area (Å²) in [6, 6.07) is 1.03. The number of aryl methyl sites for hydroxylation is 1. The van der Waals surface area contributed by atoms with Gasteiger partial charge < -0.3 is 0 Å². The Labute approximate surface area is 184 Å². The van der Waals surface area contributed by atoms with E-state index >= 15 is 0 Å². The van der Waals surface area contributed by atoms with E-state index in [1.54, 1.807) is 0 Å². The average molecular weight is 445 g/mol. The smallest absolute Gasteiger partial charge is 0.204 e. The predicted octanol–water partition coefficient (Wildman–Crippen LogP) is 9.11. The molecule has 2 saturated carbocycles. The van der Waals surface area contributed by atoms with Crippen LogP contribution in [0.1, 0.15) is 102 Å². The topological polar surface area (TPSA) is 0 Å². The highest BCUT2D eigenvalue weighted by atomic mass is 19.4. The lowest BCUT2D eigenvalue weighted by Gasteiger charge is -2.38. The van der Waals surface area contributed by atoms with Crippen LogP contribution in [0.2, 0.25) is 0 Å². The van der Waals surface area contributed by atoms with Crippen molar-refractivity contribution in [3.8, 4) is 0 Å². The van der Waals surface area contributed by atoms with E-state index in [2.05, 4.69) is 6.92 Å². The number of hydrogen-bond donors (Lipinski definition) is 0. The average Bonchev–Trinajstić information content (AvgIpc) is 2.75. The van der Waals surface area contributed by atoms with Gasteiger partial charge in [0.2, 0.25) is 0 Å². The Morgan fingerprint density at radius 1 is 0.774 bits per heavy atom. The summed E-state index contributed by atoms with van der Waals surface area (Å²) in [6.07, 6.45) is 11.4. The second-order valence-electron chi connectivity index (χ2n) is 10.0. The van der Waals surface area contributed by atoms with E-state index < -0.39 is 23.4 Å². The molecule has 176 valence electrons. The van der Waals surface area contributed by atoms with Gasteiger partial charge in [0.05, 0.1) is 5.56 Å². The number of hydrogen-bond acceptors (Lipinski definition) is 0. The first-order valence-electron chi connectivity index (χ1n) is 12.3. The van der Waals surface area contributed by atoms with Crippen molar-refractivity contribution < 1.29 is 22.0 Å². The molecule has 2 aliphatic carbocycles. The zero-order valence-corrected chi connectivity index (χ0v) is 18.8. The Bertz CT molecular complexity index is 680. The molecular formula is C26H37F5. The van der Waals surface area contributed by atoms with E-state index in [0.717, 1.165) is 36.7 Å². The van der Waals surface area contributed by atoms with Gasteiger partial charge >= 0.3 is 6.18 Å². The van der Waals surface area contributed by atoms with Gasteiger partial charge in [0.25, 0.3) is 0 Å². The third kappa shape index (κ3) is 6.92. The van der Waals surface area contributed by atoms with E-state index in [1.807, 2.05) is 0 Å². The molecule has 0 bridgehead atoms. The molecule has 0 radical (unpaired) electrons. The summed E-state index contributed by atoms with van der Waals surface area (Å²) in [7, 11) is 0. The van der Waals surface area contributed by atoms with E-state index in [0.29, 0.717) is 12.3 Å². The van der Waals surface area contributed by atoms with Crippen LogP contribution in [0.25, 0.3) is 0 Å². The minimum absolute atomic E-state index is 0.143. The highest BCUT2D eigenvalue weighted by molar-refractivity contribution is 5.28. The van der Waals surface area contributed by atoms with Gasteiger partial charge in [-0.1, -0.05) is 58.3 Å². The van der Waals surface area contributed by atoms with Crippen LogP contribution in [0.3, 0.4) is 0 Å². The zero-order chi connectivity index (χ0) is 22.4. The van der Waals surface area contributed by atoms with Crippen LogP contribution < -0.4 is 0 Å². The SMILES string of the molecule is CCCCCC1CCC(C2CCC(CCc3cc(C(F)(F)F)cc(F)c3F)CC2)CC1. The molecule has 3 rings (SSSR count). The first-order valence-corrected chi connectivity index (χ1v) is 12.3. The van der Waals surface area contributed by atoms with Gasteiger partial charge in [0.1, 0.15) is 0 Å². The van der Waals surface area contributed by atoms with Gasteiger partial charge in [-0.25, -0.2) is 8.78 Å². The summed E-state index contributed by atoms with van der Waals surface area (Å²) >= 11 is 0. The van der Waals surface area contributed by atoms with Crippen LogP contribution in [0.5, 0.6) is 0 Å². The molecule has 0 unspecified atom stereocenters. The molecule has 0 atom stereocenters. The summed E-state index contributed by atoms with van der Waals surface area (Å²) in [5.74, 6) is 0.394. The number of halogens is 5. The molecule has 0 heterocycles. The predicted molar refractivity (Wildman–Crippen MR) is 115 cm³/mol. The van der Waals surface area contributed by atoms with Crippen molar-refractivity contribution >= 4 is 0 Å². The number of alkyl halides is 3. The molecule has 0 aromatic heterocycles. The molecule has 1 aromatic carbocycles. The van der Waals surface area contributed by atoms with Crippen molar-refractivity contribution in [2.24, 2.45) is 23.7 Å². The lowest BCUT2D eigenvalue weighted by atomic mass is 9.68. The maximum atomic E-state index is 14.0. The first kappa shape index (κ1) is 24.5. The number of unbranched alkanes of at least 4 members (excludes halogenated alkanes) is 2. The van der Waals surface area contributed by atoms with Gasteiger partial charge in [-0.15, -0.1) is 0 Å². The minimum Gasteiger partial charge on any atom is -0.204 e. The largest absolute Gasteiger partial charge is 0.416 e. The molecule has 0 spiro atoms. The maximum absolute atomic E-state index is 14.0. The Balaban J connectivity index is 1.43. The Morgan fingerprint density at radius 2 is 1.32 bits per heavy atom. The maximum Gasteiger partial charge on any atom is 0.416 e. The molecule has 0 nitrogen and oxygen atoms in total. The monoisotopic (exact) mass is 444 g/mol. The van der Waals surface area contributed by atoms with Crippen molar-refractivity contribution in [3.63, 3.8) is 0 Å². The molecule has 31 heavy (non-hydrogen) atoms. The Hall–Kier alpha value is -1.13. The quantitative estimate of drug-likeness (QED) is 0.277. The van der Waals surface area contributed by atoms with Gasteiger partial charge in [0, 0.05) is 0 Å². The number of rotatable bonds is 8. The number of benzene rings is 1. The normalized spacial score (nSPS) is 27.4. The van der Waals surface area contributed by atoms with E-state index in [1.165, 1.54) is 64.2 Å². The molecule has 0 saturated heterocycles. The van der Waals surface area contributed by atoms with Crippen molar-refractivity contribution in [3.05, 3.63) is 34.9 Å². The fourth-order valence-electron chi connectivity index (χ4n) is 5.93. The lowest BCUT2D eigenvalue weighted by molar-refractivity contribution is -0.137. The van der Waals surface area contributed by atoms with Crippen LogP contribution in [-0.4, -0.2) is 0 Å². The van der Waals surface area contributed by atoms with E-state index in [-0.39, 0.29) is 18.1 Å². The Morgan fingerprint density at radius 3 is 1.84 bits per heavy atom. The van der Waals surface area contributed by atoms with Crippen LogP contribution in [0.15, 0.2) is 12.1 Å². The summed E-state index contributed by atoms with van der Waals surface area (Å²) in [6.45, 7) is 2.25. The highest BCUT2D eigenvalue weighted by Gasteiger charge is 2.33. The summed E-state index contributed by atoms with van der Waals surface area (Å²) in [5, 5.41) is 0. The third-order valence-electron chi connectivity index (χ3n) is 7.92. The third-order valence-corrected chi connectivity index (χ3v) is 7.92. The standard InChI is InChI=1S/C26H37F5/c1-2-3-4-5-18-6-11-20(12-7-18)21-13-8-19(9-14-21)10-15-22-16-23(26(29,30)31)17-24(27)25(22)28/h16-21H,2-15H2,1H3. The molecule has 0 amide bonds. The fraction of sp³-hybridized carbons (Fsp3) is 0.769. The molecule has 0 N–H and O–H groups in total. The van der Waals surface area contributed by atoms with Gasteiger partial charge in [-0.05, 0) is 79.9 Å². The molecule has 2 fully saturated rings. The summed E-state index contributed by atoms with van der Waals surface area (Å²) < 4.78 is 66.4. The van der Waals surface area contributed by atoms with Crippen LogP contribution in [0, 0.1) is 35.3 Å². The van der Waals surface area contributed by atoms with Crippen molar-refractivity contribution in [2.45, 2.75) is 103 Å². The van der Waals surface area contributed by atoms with Crippen molar-refractivity contribution in [1.82, 2.24) is 0 Å². The van der Waals surface area contributed by atoms with E-state index in [9.17, 15) is 22.0 Å². The second kappa shape index (κ2) is 11.1. The molecule has 1 aromatic rings. The van der Waals surface area contributed by atoms with Gasteiger partial charge in [-0.2, -0.15) is 13.2 Å². The first-order chi connectivity index (χ1) is 14.8. The lowest BCUT2D eigenvalue weighted by Crippen LogP contribution is -2.26. The van der Waals surface area contributed by atoms with Gasteiger partial charge in [0.15, 0.2) is 11.6 Å². The molecular weight excluding hydrogens is 407 g/mol. The van der Waals surface area contributed by atoms with Crippen LogP contribution >= 0.6 is 0 Å². The second-order valence-corrected chi connectivity index (χ2v) is 10.0.